The van der Waals surface area contributed by atoms with Gasteiger partial charge in [-0.2, -0.15) is 0 Å². The van der Waals surface area contributed by atoms with E-state index in [1.54, 1.807) is 0 Å². The Balaban J connectivity index is 2.36. The summed E-state index contributed by atoms with van der Waals surface area (Å²) in [6, 6.07) is 8.60. The normalized spacial score (nSPS) is 23.6. The Kier molecular flexibility index (Phi) is 2.75. The number of nitrogens with zero attached hydrogens (tertiary/aromatic N) is 1. The van der Waals surface area contributed by atoms with Gasteiger partial charge in [0.2, 0.25) is 0 Å². The summed E-state index contributed by atoms with van der Waals surface area (Å²) in [4.78, 5) is 23.6. The number of carbonyl (C=O) groups is 2. The topological polar surface area (TPSA) is 72.6 Å². The number of nitrogens with two attached hydrogens (primary N) is 1. The van der Waals surface area contributed by atoms with E-state index in [4.69, 9.17) is 10.5 Å². The predicted octanol–water partition coefficient (Wildman–Crippen LogP) is 1.82. The van der Waals surface area contributed by atoms with Gasteiger partial charge in [-0.1, -0.05) is 37.3 Å². The Morgan fingerprint density at radius 1 is 1.47 bits per heavy atom. The lowest BCUT2D eigenvalue weighted by atomic mass is 9.91. The number of benzene rings is 1. The van der Waals surface area contributed by atoms with Crippen molar-refractivity contribution < 1.29 is 14.3 Å². The molecule has 2 rings (SSSR count). The van der Waals surface area contributed by atoms with Crippen molar-refractivity contribution >= 4 is 12.1 Å². The largest absolute Gasteiger partial charge is 0.436 e. The minimum Gasteiger partial charge on any atom is -0.436 e. The number of cyclic esters (lactones) is 1. The number of ether oxygens (including phenoxy) is 1. The van der Waals surface area contributed by atoms with Crippen molar-refractivity contribution in [3.05, 3.63) is 35.9 Å². The molecule has 0 radical (unpaired) electrons. The van der Waals surface area contributed by atoms with Gasteiger partial charge in [0, 0.05) is 0 Å². The van der Waals surface area contributed by atoms with Crippen LogP contribution in [0.5, 0.6) is 0 Å². The Labute approximate surface area is 99.2 Å². The van der Waals surface area contributed by atoms with Gasteiger partial charge < -0.3 is 10.5 Å². The average molecular weight is 234 g/mol. The van der Waals surface area contributed by atoms with Crippen molar-refractivity contribution in [1.82, 2.24) is 4.90 Å². The van der Waals surface area contributed by atoms with Gasteiger partial charge in [0.25, 0.3) is 0 Å². The monoisotopic (exact) mass is 234 g/mol. The Morgan fingerprint density at radius 2 is 2.12 bits per heavy atom. The molecular weight excluding hydrogens is 220 g/mol. The third kappa shape index (κ3) is 1.84. The average Bonchev–Trinajstić information content (AvgIpc) is 2.69. The van der Waals surface area contributed by atoms with E-state index in [2.05, 4.69) is 0 Å². The van der Waals surface area contributed by atoms with Crippen LogP contribution in [-0.2, 0) is 10.3 Å². The second-order valence-electron chi connectivity index (χ2n) is 4.01. The maximum absolute atomic E-state index is 11.6. The molecular formula is C12H14N2O3. The highest BCUT2D eigenvalue weighted by molar-refractivity contribution is 5.91. The highest BCUT2D eigenvalue weighted by Gasteiger charge is 2.47. The molecule has 1 aromatic carbocycles. The first kappa shape index (κ1) is 11.4. The number of primary amides is 1. The van der Waals surface area contributed by atoms with E-state index in [1.807, 2.05) is 37.3 Å². The molecule has 0 saturated carbocycles. The fourth-order valence-corrected chi connectivity index (χ4v) is 2.02. The Hall–Kier alpha value is -2.04. The van der Waals surface area contributed by atoms with Crippen LogP contribution in [-0.4, -0.2) is 23.6 Å². The SMILES string of the molecule is CCC1(c2ccccc2)CN(C(N)=O)C(=O)O1. The summed E-state index contributed by atoms with van der Waals surface area (Å²) < 4.78 is 5.34. The molecule has 1 saturated heterocycles. The van der Waals surface area contributed by atoms with E-state index in [9.17, 15) is 9.59 Å². The third-order valence-electron chi connectivity index (χ3n) is 3.05. The van der Waals surface area contributed by atoms with Crippen molar-refractivity contribution in [3.63, 3.8) is 0 Å². The molecule has 1 heterocycles. The highest BCUT2D eigenvalue weighted by atomic mass is 16.6. The fourth-order valence-electron chi connectivity index (χ4n) is 2.02. The van der Waals surface area contributed by atoms with Crippen LogP contribution < -0.4 is 5.73 Å². The number of hydrogen-bond acceptors (Lipinski definition) is 3. The lowest BCUT2D eigenvalue weighted by molar-refractivity contribution is 0.0511. The van der Waals surface area contributed by atoms with E-state index in [-0.39, 0.29) is 6.54 Å². The molecule has 1 aromatic rings. The molecule has 1 aliphatic heterocycles. The number of carbonyl (C=O) groups excluding carboxylic acids is 2. The minimum absolute atomic E-state index is 0.168. The highest BCUT2D eigenvalue weighted by Crippen LogP contribution is 2.35. The van der Waals surface area contributed by atoms with Gasteiger partial charge in [-0.3, -0.25) is 0 Å². The molecule has 1 unspecified atom stereocenters. The van der Waals surface area contributed by atoms with Gasteiger partial charge in [0.1, 0.15) is 0 Å². The van der Waals surface area contributed by atoms with Gasteiger partial charge in [-0.25, -0.2) is 14.5 Å². The summed E-state index contributed by atoms with van der Waals surface area (Å²) in [5, 5.41) is 0. The molecule has 5 nitrogen and oxygen atoms in total. The van der Waals surface area contributed by atoms with Crippen molar-refractivity contribution in [2.45, 2.75) is 18.9 Å². The lowest BCUT2D eigenvalue weighted by Crippen LogP contribution is -2.38. The van der Waals surface area contributed by atoms with Crippen LogP contribution in [0.25, 0.3) is 0 Å². The second-order valence-corrected chi connectivity index (χ2v) is 4.01. The van der Waals surface area contributed by atoms with E-state index in [1.165, 1.54) is 0 Å². The number of rotatable bonds is 2. The van der Waals surface area contributed by atoms with Crippen LogP contribution >= 0.6 is 0 Å². The summed E-state index contributed by atoms with van der Waals surface area (Å²) in [5.74, 6) is 0. The first-order valence-corrected chi connectivity index (χ1v) is 5.44. The van der Waals surface area contributed by atoms with E-state index in [0.29, 0.717) is 6.42 Å². The standard InChI is InChI=1S/C12H14N2O3/c1-2-12(9-6-4-3-5-7-9)8-14(10(13)15)11(16)17-12/h3-7H,2,8H2,1H3,(H2,13,15). The first-order valence-electron chi connectivity index (χ1n) is 5.44. The maximum atomic E-state index is 11.6. The zero-order valence-electron chi connectivity index (χ0n) is 9.55. The van der Waals surface area contributed by atoms with E-state index < -0.39 is 17.7 Å². The maximum Gasteiger partial charge on any atom is 0.419 e. The van der Waals surface area contributed by atoms with Crippen LogP contribution in [0.1, 0.15) is 18.9 Å². The van der Waals surface area contributed by atoms with Crippen molar-refractivity contribution in [1.29, 1.82) is 0 Å². The second kappa shape index (κ2) is 4.08. The van der Waals surface area contributed by atoms with Crippen LogP contribution in [0.4, 0.5) is 9.59 Å². The van der Waals surface area contributed by atoms with Gasteiger partial charge in [0.05, 0.1) is 6.54 Å². The molecule has 17 heavy (non-hydrogen) atoms. The van der Waals surface area contributed by atoms with E-state index >= 15 is 0 Å². The van der Waals surface area contributed by atoms with Crippen LogP contribution in [0.3, 0.4) is 0 Å². The van der Waals surface area contributed by atoms with Gasteiger partial charge >= 0.3 is 12.1 Å². The Bertz CT molecular complexity index is 446. The molecule has 0 spiro atoms. The molecule has 1 aliphatic rings. The number of amides is 3. The number of hydrogen-bond donors (Lipinski definition) is 1. The predicted molar refractivity (Wildman–Crippen MR) is 61.2 cm³/mol. The third-order valence-corrected chi connectivity index (χ3v) is 3.05. The number of imide groups is 1. The van der Waals surface area contributed by atoms with Crippen LogP contribution in [0, 0.1) is 0 Å². The summed E-state index contributed by atoms with van der Waals surface area (Å²) >= 11 is 0. The first-order chi connectivity index (χ1) is 8.09. The summed E-state index contributed by atoms with van der Waals surface area (Å²) in [5.41, 5.74) is 5.23. The molecule has 5 heteroatoms. The van der Waals surface area contributed by atoms with Crippen LogP contribution in [0.15, 0.2) is 30.3 Å². The molecule has 0 aromatic heterocycles. The van der Waals surface area contributed by atoms with E-state index in [0.717, 1.165) is 10.5 Å². The molecule has 1 atom stereocenters. The summed E-state index contributed by atoms with van der Waals surface area (Å²) in [7, 11) is 0. The van der Waals surface area contributed by atoms with Crippen molar-refractivity contribution in [2.75, 3.05) is 6.54 Å². The molecule has 90 valence electrons. The molecule has 2 N–H and O–H groups in total. The van der Waals surface area contributed by atoms with Gasteiger partial charge in [-0.15, -0.1) is 0 Å². The van der Waals surface area contributed by atoms with Gasteiger partial charge in [0.15, 0.2) is 5.60 Å². The minimum atomic E-state index is -0.777. The van der Waals surface area contributed by atoms with Crippen LogP contribution in [0.2, 0.25) is 0 Å². The van der Waals surface area contributed by atoms with Gasteiger partial charge in [-0.05, 0) is 12.0 Å². The van der Waals surface area contributed by atoms with Crippen molar-refractivity contribution in [3.8, 4) is 0 Å². The Morgan fingerprint density at radius 3 is 2.59 bits per heavy atom. The summed E-state index contributed by atoms with van der Waals surface area (Å²) in [6.45, 7) is 2.08. The van der Waals surface area contributed by atoms with Crippen molar-refractivity contribution in [2.24, 2.45) is 5.73 Å². The zero-order chi connectivity index (χ0) is 12.5. The molecule has 1 fully saturated rings. The lowest BCUT2D eigenvalue weighted by Gasteiger charge is -2.25. The molecule has 0 aliphatic carbocycles. The zero-order valence-corrected chi connectivity index (χ0v) is 9.55. The fraction of sp³-hybridized carbons (Fsp3) is 0.333. The summed E-state index contributed by atoms with van der Waals surface area (Å²) in [6.07, 6.45) is -0.0878. The number of urea groups is 1. The molecule has 3 amide bonds. The quantitative estimate of drug-likeness (QED) is 0.848. The smallest absolute Gasteiger partial charge is 0.419 e. The molecule has 0 bridgehead atoms.